The molecule has 0 amide bonds. The van der Waals surface area contributed by atoms with Gasteiger partial charge in [0, 0.05) is 77.9 Å². The Labute approximate surface area is 707 Å². The molecule has 0 N–H and O–H groups in total. The van der Waals surface area contributed by atoms with Crippen molar-refractivity contribution in [3.05, 3.63) is 481 Å². The molecule has 24 rings (SSSR count). The minimum atomic E-state index is -0.571. The van der Waals surface area contributed by atoms with E-state index >= 15 is 0 Å². The van der Waals surface area contributed by atoms with E-state index in [0.717, 1.165) is 152 Å². The maximum Gasteiger partial charge on any atom is 0.160 e. The molecule has 0 atom stereocenters. The van der Waals surface area contributed by atoms with Gasteiger partial charge >= 0.3 is 0 Å². The van der Waals surface area contributed by atoms with Gasteiger partial charge in [0.1, 0.15) is 0 Å². The summed E-state index contributed by atoms with van der Waals surface area (Å²) in [6, 6.07) is 154. The summed E-state index contributed by atoms with van der Waals surface area (Å²) in [5.74, 6) is 2.81. The topological polar surface area (TPSA) is 103 Å². The molecule has 4 aromatic heterocycles. The summed E-state index contributed by atoms with van der Waals surface area (Å²) in [4.78, 5) is 42.1. The Morgan fingerprint density at radius 1 is 0.131 bits per heavy atom. The molecule has 568 valence electrons. The molecule has 16 aromatic carbocycles. The van der Waals surface area contributed by atoms with Gasteiger partial charge in [0.15, 0.2) is 23.3 Å². The van der Waals surface area contributed by atoms with Crippen molar-refractivity contribution in [2.24, 2.45) is 0 Å². The summed E-state index contributed by atoms with van der Waals surface area (Å²) >= 11 is 0. The maximum absolute atomic E-state index is 5.51. The van der Waals surface area contributed by atoms with E-state index in [0.29, 0.717) is 17.5 Å². The van der Waals surface area contributed by atoms with Gasteiger partial charge < -0.3 is 0 Å². The molecule has 122 heavy (non-hydrogen) atoms. The second-order valence-electron chi connectivity index (χ2n) is 31.4. The van der Waals surface area contributed by atoms with Gasteiger partial charge in [0.25, 0.3) is 0 Å². The fourth-order valence-corrected chi connectivity index (χ4v) is 19.2. The molecule has 0 bridgehead atoms. The fraction of sp³-hybridized carbons (Fsp3) is 0.0175. The summed E-state index contributed by atoms with van der Waals surface area (Å²) in [6.45, 7) is 0. The molecular formula is C114H72N8. The zero-order valence-corrected chi connectivity index (χ0v) is 66.1. The number of fused-ring (bicyclic) bond motifs is 20. The Morgan fingerprint density at radius 2 is 0.311 bits per heavy atom. The SMILES string of the molecule is c1ccc(-c2cc(-c3ccccc3)nc(-c3ccc(-c4ccc(-c5nc(-c6ccccc6)c6c(n5)-c5ccccc5C65c6ccccc6-c6ccccc65)cc4)cc3)n2)cc1.c1ccc(-c2cc(-c3ccccc3)nc(-c3ccc(-c4ccc(-c5nc(-c6ccccc6)nc6c5C5(c7ccccc7-c7ccccc75)c5ccccc5-6)cc4)cc3)n2)cc1. The summed E-state index contributed by atoms with van der Waals surface area (Å²) in [5.41, 5.74) is 38.2. The van der Waals surface area contributed by atoms with Crippen LogP contribution < -0.4 is 0 Å². The predicted octanol–water partition coefficient (Wildman–Crippen LogP) is 27.2. The monoisotopic (exact) mass is 1550 g/mol. The van der Waals surface area contributed by atoms with Gasteiger partial charge in [-0.25, -0.2) is 39.9 Å². The van der Waals surface area contributed by atoms with E-state index in [-0.39, 0.29) is 0 Å². The lowest BCUT2D eigenvalue weighted by molar-refractivity contribution is 0.788. The Balaban J connectivity index is 0.000000142. The van der Waals surface area contributed by atoms with Gasteiger partial charge in [0.2, 0.25) is 0 Å². The van der Waals surface area contributed by atoms with Crippen molar-refractivity contribution in [3.8, 4) is 180 Å². The Kier molecular flexibility index (Phi) is 17.2. The first-order valence-corrected chi connectivity index (χ1v) is 41.4. The third-order valence-electron chi connectivity index (χ3n) is 24.7. The molecule has 20 aromatic rings. The Hall–Kier alpha value is -16.2. The lowest BCUT2D eigenvalue weighted by Gasteiger charge is -2.31. The van der Waals surface area contributed by atoms with Gasteiger partial charge in [-0.15, -0.1) is 0 Å². The van der Waals surface area contributed by atoms with Crippen LogP contribution in [0.1, 0.15) is 44.5 Å². The van der Waals surface area contributed by atoms with Gasteiger partial charge in [-0.05, 0) is 90.0 Å². The van der Waals surface area contributed by atoms with Crippen molar-refractivity contribution < 1.29 is 0 Å². The molecule has 8 nitrogen and oxygen atoms in total. The molecule has 4 aliphatic carbocycles. The molecule has 4 heterocycles. The molecule has 2 spiro atoms. The van der Waals surface area contributed by atoms with Crippen LogP contribution in [0.25, 0.3) is 180 Å². The second-order valence-corrected chi connectivity index (χ2v) is 31.4. The van der Waals surface area contributed by atoms with Gasteiger partial charge in [0.05, 0.1) is 56.4 Å². The number of hydrogen-bond donors (Lipinski definition) is 0. The molecule has 4 aliphatic rings. The number of aromatic nitrogens is 8. The van der Waals surface area contributed by atoms with E-state index in [1.54, 1.807) is 0 Å². The van der Waals surface area contributed by atoms with Crippen LogP contribution in [0.3, 0.4) is 0 Å². The van der Waals surface area contributed by atoms with E-state index in [1.807, 2.05) is 78.9 Å². The maximum atomic E-state index is 5.51. The van der Waals surface area contributed by atoms with Crippen molar-refractivity contribution in [1.82, 2.24) is 39.9 Å². The van der Waals surface area contributed by atoms with Crippen LogP contribution in [0.5, 0.6) is 0 Å². The number of hydrogen-bond acceptors (Lipinski definition) is 8. The van der Waals surface area contributed by atoms with Crippen molar-refractivity contribution in [2.75, 3.05) is 0 Å². The minimum Gasteiger partial charge on any atom is -0.228 e. The van der Waals surface area contributed by atoms with E-state index in [4.69, 9.17) is 39.9 Å². The van der Waals surface area contributed by atoms with E-state index in [1.165, 1.54) is 55.6 Å². The summed E-state index contributed by atoms with van der Waals surface area (Å²) < 4.78 is 0. The highest BCUT2D eigenvalue weighted by Crippen LogP contribution is 2.66. The van der Waals surface area contributed by atoms with Crippen LogP contribution in [0.4, 0.5) is 0 Å². The average Bonchev–Trinajstić information content (AvgIpc) is 1.51. The van der Waals surface area contributed by atoms with Crippen molar-refractivity contribution in [1.29, 1.82) is 0 Å². The smallest absolute Gasteiger partial charge is 0.160 e. The number of nitrogens with zero attached hydrogens (tertiary/aromatic N) is 8. The molecule has 0 aliphatic heterocycles. The lowest BCUT2D eigenvalue weighted by atomic mass is 9.69. The molecule has 0 radical (unpaired) electrons. The minimum absolute atomic E-state index is 0.546. The molecule has 8 heteroatoms. The first-order valence-electron chi connectivity index (χ1n) is 41.4. The van der Waals surface area contributed by atoms with E-state index in [9.17, 15) is 0 Å². The number of benzene rings is 16. The highest BCUT2D eigenvalue weighted by atomic mass is 14.9. The van der Waals surface area contributed by atoms with Crippen LogP contribution in [-0.2, 0) is 10.8 Å². The lowest BCUT2D eigenvalue weighted by Crippen LogP contribution is -2.27. The third-order valence-corrected chi connectivity index (χ3v) is 24.7. The highest BCUT2D eigenvalue weighted by Gasteiger charge is 2.56. The van der Waals surface area contributed by atoms with Crippen molar-refractivity contribution >= 4 is 0 Å². The van der Waals surface area contributed by atoms with Crippen LogP contribution in [-0.4, -0.2) is 39.9 Å². The quantitative estimate of drug-likeness (QED) is 0.119. The largest absolute Gasteiger partial charge is 0.228 e. The zero-order chi connectivity index (χ0) is 80.7. The van der Waals surface area contributed by atoms with Crippen LogP contribution in [0, 0.1) is 0 Å². The van der Waals surface area contributed by atoms with E-state index in [2.05, 4.69) is 358 Å². The summed E-state index contributed by atoms with van der Waals surface area (Å²) in [7, 11) is 0. The van der Waals surface area contributed by atoms with Crippen molar-refractivity contribution in [3.63, 3.8) is 0 Å². The van der Waals surface area contributed by atoms with Gasteiger partial charge in [-0.3, -0.25) is 0 Å². The second kappa shape index (κ2) is 29.5. The molecule has 0 fully saturated rings. The normalized spacial score (nSPS) is 12.7. The van der Waals surface area contributed by atoms with Crippen LogP contribution in [0.2, 0.25) is 0 Å². The average molecular weight is 1550 g/mol. The Bertz CT molecular complexity index is 7220. The van der Waals surface area contributed by atoms with E-state index < -0.39 is 10.8 Å². The standard InChI is InChI=1S/2C57H36N4/c1-4-16-39(17-5-1)50-36-51(40-18-6-2-7-19-40)59-55(58-50)43-34-30-38(31-35-43)37-28-32-41(33-29-37)53-52-54(61-56(60-53)42-20-8-3-9-21-42)46-24-12-15-27-49(46)57(52)47-25-13-10-22-44(47)45-23-11-14-26-48(45)57;1-4-16-39(17-5-1)50-36-51(40-18-6-2-7-19-40)59-55(58-50)42-32-28-37(29-33-42)38-30-34-43(35-31-38)56-60-53(41-20-8-3-9-21-41)52-54(61-56)46-24-12-15-27-49(46)57(52)47-25-13-10-22-44(47)45-23-11-14-26-48(45)57/h2*1-36H. The molecular weight excluding hydrogens is 1480 g/mol. The van der Waals surface area contributed by atoms with Gasteiger partial charge in [-0.1, -0.05) is 425 Å². The number of rotatable bonds is 12. The first-order chi connectivity index (χ1) is 60.5. The third kappa shape index (κ3) is 11.7. The fourth-order valence-electron chi connectivity index (χ4n) is 19.2. The summed E-state index contributed by atoms with van der Waals surface area (Å²) in [6.07, 6.45) is 0. The Morgan fingerprint density at radius 3 is 0.590 bits per heavy atom. The van der Waals surface area contributed by atoms with Crippen molar-refractivity contribution in [2.45, 2.75) is 10.8 Å². The first kappa shape index (κ1) is 71.2. The molecule has 0 saturated heterocycles. The predicted molar refractivity (Wildman–Crippen MR) is 493 cm³/mol. The van der Waals surface area contributed by atoms with Crippen LogP contribution >= 0.6 is 0 Å². The van der Waals surface area contributed by atoms with Crippen LogP contribution in [0.15, 0.2) is 437 Å². The highest BCUT2D eigenvalue weighted by molar-refractivity contribution is 6.00. The summed E-state index contributed by atoms with van der Waals surface area (Å²) in [5, 5.41) is 0. The van der Waals surface area contributed by atoms with Gasteiger partial charge in [-0.2, -0.15) is 0 Å². The molecule has 0 unspecified atom stereocenters. The molecule has 0 saturated carbocycles. The zero-order valence-electron chi connectivity index (χ0n) is 66.1.